The molecule has 1 N–H and O–H groups in total. The highest BCUT2D eigenvalue weighted by Gasteiger charge is 2.27. The van der Waals surface area contributed by atoms with E-state index in [1.54, 1.807) is 12.1 Å². The van der Waals surface area contributed by atoms with Crippen molar-refractivity contribution >= 4 is 26.6 Å². The van der Waals surface area contributed by atoms with E-state index < -0.39 is 10.0 Å². The Morgan fingerprint density at radius 1 is 1.19 bits per heavy atom. The molecule has 1 aromatic heterocycles. The van der Waals surface area contributed by atoms with Crippen molar-refractivity contribution in [3.63, 3.8) is 0 Å². The first-order valence-electron chi connectivity index (χ1n) is 13.4. The summed E-state index contributed by atoms with van der Waals surface area (Å²) in [4.78, 5) is 0.270. The minimum atomic E-state index is -3.74. The number of benzene rings is 2. The van der Waals surface area contributed by atoms with Gasteiger partial charge in [0.05, 0.1) is 27.9 Å². The molecule has 1 aliphatic rings. The van der Waals surface area contributed by atoms with Crippen LogP contribution in [0.2, 0.25) is 0 Å². The molecular weight excluding hydrogens is 482 g/mol. The fraction of sp³-hybridized carbons (Fsp3) is 0.500. The lowest BCUT2D eigenvalue weighted by Crippen LogP contribution is -2.34. The molecule has 4 rings (SSSR count). The Hall–Kier alpha value is -2.82. The summed E-state index contributed by atoms with van der Waals surface area (Å²) in [7, 11) is -3.74. The van der Waals surface area contributed by atoms with E-state index >= 15 is 0 Å². The van der Waals surface area contributed by atoms with E-state index in [2.05, 4.69) is 30.0 Å². The standard InChI is InChI=1S/C30H39N3O3S/c1-6-23-11-13-25(14-12-23)33(20-21(3)4)37(34,35)27-15-16-28-29(31-32-30(28)19-27)10-8-9-24-17-22(5)36-26(7-2)18-24/h2,11-16,19,21-22,24,26H,6,8-10,17-18,20H2,1,3-5H3,(H,31,32)/t22-,24?,26+/m1/s1. The van der Waals surface area contributed by atoms with Crippen molar-refractivity contribution in [3.8, 4) is 12.3 Å². The molecular formula is C30H39N3O3S. The Labute approximate surface area is 221 Å². The van der Waals surface area contributed by atoms with E-state index in [0.717, 1.165) is 55.1 Å². The van der Waals surface area contributed by atoms with Gasteiger partial charge in [0.2, 0.25) is 0 Å². The van der Waals surface area contributed by atoms with Crippen LogP contribution in [0.4, 0.5) is 5.69 Å². The number of aromatic amines is 1. The third-order valence-corrected chi connectivity index (χ3v) is 8.98. The van der Waals surface area contributed by atoms with Gasteiger partial charge in [-0.1, -0.05) is 38.8 Å². The lowest BCUT2D eigenvalue weighted by molar-refractivity contribution is -0.0348. The minimum Gasteiger partial charge on any atom is -0.363 e. The number of ether oxygens (including phenoxy) is 1. The van der Waals surface area contributed by atoms with Gasteiger partial charge in [-0.15, -0.1) is 6.42 Å². The van der Waals surface area contributed by atoms with E-state index in [4.69, 9.17) is 11.2 Å². The van der Waals surface area contributed by atoms with Crippen LogP contribution in [0.25, 0.3) is 10.9 Å². The summed E-state index contributed by atoms with van der Waals surface area (Å²) in [5.41, 5.74) is 3.58. The van der Waals surface area contributed by atoms with Gasteiger partial charge < -0.3 is 4.74 Å². The Bertz CT molecular complexity index is 1340. The quantitative estimate of drug-likeness (QED) is 0.326. The number of hydrogen-bond donors (Lipinski definition) is 1. The van der Waals surface area contributed by atoms with Crippen LogP contribution in [0.15, 0.2) is 47.4 Å². The molecule has 1 saturated heterocycles. The predicted molar refractivity (Wildman–Crippen MR) is 150 cm³/mol. The van der Waals surface area contributed by atoms with Gasteiger partial charge in [0, 0.05) is 11.9 Å². The zero-order valence-electron chi connectivity index (χ0n) is 22.4. The fourth-order valence-corrected chi connectivity index (χ4v) is 6.92. The highest BCUT2D eigenvalue weighted by atomic mass is 32.2. The first-order chi connectivity index (χ1) is 17.7. The van der Waals surface area contributed by atoms with Crippen molar-refractivity contribution in [3.05, 3.63) is 53.7 Å². The number of fused-ring (bicyclic) bond motifs is 1. The summed E-state index contributed by atoms with van der Waals surface area (Å²) in [6.45, 7) is 8.64. The molecule has 0 bridgehead atoms. The number of sulfonamides is 1. The molecule has 3 aromatic rings. The Morgan fingerprint density at radius 3 is 2.62 bits per heavy atom. The summed E-state index contributed by atoms with van der Waals surface area (Å²) in [6, 6.07) is 13.1. The second-order valence-electron chi connectivity index (χ2n) is 10.7. The number of rotatable bonds is 10. The zero-order chi connectivity index (χ0) is 26.6. The van der Waals surface area contributed by atoms with Gasteiger partial charge in [0.1, 0.15) is 6.10 Å². The molecule has 0 spiro atoms. The average molecular weight is 522 g/mol. The molecule has 37 heavy (non-hydrogen) atoms. The van der Waals surface area contributed by atoms with Crippen molar-refractivity contribution in [2.75, 3.05) is 10.8 Å². The maximum Gasteiger partial charge on any atom is 0.264 e. The molecule has 0 amide bonds. The van der Waals surface area contributed by atoms with Crippen LogP contribution in [-0.2, 0) is 27.6 Å². The molecule has 2 aromatic carbocycles. The molecule has 0 aliphatic carbocycles. The van der Waals surface area contributed by atoms with E-state index in [0.29, 0.717) is 18.2 Å². The number of aromatic nitrogens is 2. The van der Waals surface area contributed by atoms with E-state index in [-0.39, 0.29) is 23.0 Å². The highest BCUT2D eigenvalue weighted by molar-refractivity contribution is 7.92. The number of anilines is 1. The third-order valence-electron chi connectivity index (χ3n) is 7.19. The van der Waals surface area contributed by atoms with Gasteiger partial charge in [0.25, 0.3) is 10.0 Å². The Balaban J connectivity index is 1.50. The summed E-state index contributed by atoms with van der Waals surface area (Å²) < 4.78 is 34.8. The van der Waals surface area contributed by atoms with Gasteiger partial charge in [0.15, 0.2) is 0 Å². The first kappa shape index (κ1) is 27.2. The van der Waals surface area contributed by atoms with E-state index in [1.807, 2.05) is 44.2 Å². The van der Waals surface area contributed by atoms with Crippen LogP contribution in [0.5, 0.6) is 0 Å². The van der Waals surface area contributed by atoms with Gasteiger partial charge in [-0.3, -0.25) is 9.40 Å². The van der Waals surface area contributed by atoms with Crippen LogP contribution >= 0.6 is 0 Å². The van der Waals surface area contributed by atoms with E-state index in [9.17, 15) is 8.42 Å². The van der Waals surface area contributed by atoms with Crippen LogP contribution < -0.4 is 4.31 Å². The van der Waals surface area contributed by atoms with Crippen molar-refractivity contribution in [1.29, 1.82) is 0 Å². The highest BCUT2D eigenvalue weighted by Crippen LogP contribution is 2.31. The smallest absolute Gasteiger partial charge is 0.264 e. The minimum absolute atomic E-state index is 0.0832. The summed E-state index contributed by atoms with van der Waals surface area (Å²) >= 11 is 0. The maximum atomic E-state index is 13.8. The molecule has 2 heterocycles. The molecule has 6 nitrogen and oxygen atoms in total. The monoisotopic (exact) mass is 521 g/mol. The van der Waals surface area contributed by atoms with Crippen molar-refractivity contribution in [1.82, 2.24) is 10.2 Å². The average Bonchev–Trinajstić information content (AvgIpc) is 3.29. The number of nitrogens with one attached hydrogen (secondary N) is 1. The first-order valence-corrected chi connectivity index (χ1v) is 14.9. The lowest BCUT2D eigenvalue weighted by atomic mass is 9.87. The summed E-state index contributed by atoms with van der Waals surface area (Å²) in [5, 5.41) is 8.57. The summed E-state index contributed by atoms with van der Waals surface area (Å²) in [6.07, 6.45) is 11.5. The van der Waals surface area contributed by atoms with Gasteiger partial charge in [-0.25, -0.2) is 8.42 Å². The second kappa shape index (κ2) is 11.7. The molecule has 0 saturated carbocycles. The normalized spacial score (nSPS) is 20.3. The topological polar surface area (TPSA) is 75.3 Å². The van der Waals surface area contributed by atoms with Gasteiger partial charge in [-0.05, 0) is 93.2 Å². The molecule has 3 atom stereocenters. The maximum absolute atomic E-state index is 13.8. The molecule has 1 fully saturated rings. The van der Waals surface area contributed by atoms with Gasteiger partial charge >= 0.3 is 0 Å². The Morgan fingerprint density at radius 2 is 1.95 bits per heavy atom. The lowest BCUT2D eigenvalue weighted by Gasteiger charge is -2.31. The zero-order valence-corrected chi connectivity index (χ0v) is 23.2. The second-order valence-corrected chi connectivity index (χ2v) is 12.5. The predicted octanol–water partition coefficient (Wildman–Crippen LogP) is 6.12. The van der Waals surface area contributed by atoms with Crippen molar-refractivity contribution in [2.45, 2.75) is 83.3 Å². The largest absolute Gasteiger partial charge is 0.363 e. The summed E-state index contributed by atoms with van der Waals surface area (Å²) in [5.74, 6) is 3.49. The number of H-pyrrole nitrogens is 1. The van der Waals surface area contributed by atoms with E-state index in [1.165, 1.54) is 9.87 Å². The molecule has 198 valence electrons. The van der Waals surface area contributed by atoms with Crippen LogP contribution in [-0.4, -0.2) is 37.4 Å². The molecule has 1 unspecified atom stereocenters. The van der Waals surface area contributed by atoms with Crippen LogP contribution in [0.1, 0.15) is 64.6 Å². The SMILES string of the molecule is C#C[C@H]1CC(CCCc2n[nH]c3cc(S(=O)(=O)N(CC(C)C)c4ccc(CC)cc4)ccc23)C[C@@H](C)O1. The fourth-order valence-electron chi connectivity index (χ4n) is 5.27. The van der Waals surface area contributed by atoms with Crippen LogP contribution in [0.3, 0.4) is 0 Å². The molecule has 0 radical (unpaired) electrons. The van der Waals surface area contributed by atoms with Crippen molar-refractivity contribution < 1.29 is 13.2 Å². The number of hydrogen-bond acceptors (Lipinski definition) is 4. The number of terminal acetylenes is 1. The number of aryl methyl sites for hydroxylation is 2. The number of nitrogens with zero attached hydrogens (tertiary/aromatic N) is 2. The van der Waals surface area contributed by atoms with Crippen molar-refractivity contribution in [2.24, 2.45) is 11.8 Å². The van der Waals surface area contributed by atoms with Crippen LogP contribution in [0, 0.1) is 24.2 Å². The third kappa shape index (κ3) is 6.37. The molecule has 1 aliphatic heterocycles. The van der Waals surface area contributed by atoms with Gasteiger partial charge in [-0.2, -0.15) is 5.10 Å². The Kier molecular flexibility index (Phi) is 8.61. The molecule has 7 heteroatoms.